The van der Waals surface area contributed by atoms with Crippen molar-refractivity contribution >= 4 is 50.2 Å². The lowest BCUT2D eigenvalue weighted by atomic mass is 10.2. The van der Waals surface area contributed by atoms with Crippen LogP contribution in [-0.2, 0) is 6.18 Å². The van der Waals surface area contributed by atoms with E-state index in [2.05, 4.69) is 15.9 Å². The van der Waals surface area contributed by atoms with Crippen molar-refractivity contribution in [2.45, 2.75) is 18.5 Å². The highest BCUT2D eigenvalue weighted by Gasteiger charge is 2.36. The summed E-state index contributed by atoms with van der Waals surface area (Å²) in [7, 11) is 0. The van der Waals surface area contributed by atoms with E-state index in [4.69, 9.17) is 11.6 Å². The van der Waals surface area contributed by atoms with Crippen LogP contribution in [0.15, 0.2) is 21.3 Å². The molecule has 98 valence electrons. The molecular weight excluding hydrogens is 369 g/mol. The van der Waals surface area contributed by atoms with Crippen molar-refractivity contribution in [3.8, 4) is 0 Å². The van der Waals surface area contributed by atoms with Gasteiger partial charge in [-0.3, -0.25) is 0 Å². The first-order chi connectivity index (χ1) is 8.32. The van der Waals surface area contributed by atoms with E-state index in [1.807, 2.05) is 18.4 Å². The summed E-state index contributed by atoms with van der Waals surface area (Å²) in [6, 6.07) is 1.90. The minimum atomic E-state index is -4.35. The largest absolute Gasteiger partial charge is 0.418 e. The van der Waals surface area contributed by atoms with Crippen LogP contribution in [0.1, 0.15) is 26.3 Å². The van der Waals surface area contributed by atoms with Crippen LogP contribution in [0.2, 0.25) is 0 Å². The molecule has 2 aromatic rings. The Morgan fingerprint density at radius 2 is 1.94 bits per heavy atom. The molecule has 0 aliphatic carbocycles. The molecule has 2 heterocycles. The Balaban J connectivity index is 2.42. The van der Waals surface area contributed by atoms with Gasteiger partial charge in [0.2, 0.25) is 0 Å². The maximum Gasteiger partial charge on any atom is 0.418 e. The Hall–Kier alpha value is -0.0400. The third-order valence-electron chi connectivity index (χ3n) is 2.42. The fourth-order valence-corrected chi connectivity index (χ4v) is 5.14. The number of rotatable bonds is 2. The van der Waals surface area contributed by atoms with Crippen LogP contribution >= 0.6 is 50.2 Å². The summed E-state index contributed by atoms with van der Waals surface area (Å²) in [6.45, 7) is 1.90. The molecule has 1 atom stereocenters. The zero-order valence-electron chi connectivity index (χ0n) is 9.02. The van der Waals surface area contributed by atoms with Crippen LogP contribution < -0.4 is 0 Å². The predicted molar refractivity (Wildman–Crippen MR) is 73.8 cm³/mol. The van der Waals surface area contributed by atoms with Crippen molar-refractivity contribution in [3.63, 3.8) is 0 Å². The molecule has 7 heteroatoms. The number of hydrogen-bond acceptors (Lipinski definition) is 2. The van der Waals surface area contributed by atoms with Crippen molar-refractivity contribution in [1.82, 2.24) is 0 Å². The predicted octanol–water partition coefficient (Wildman–Crippen LogP) is 6.23. The van der Waals surface area contributed by atoms with Crippen molar-refractivity contribution in [3.05, 3.63) is 42.2 Å². The van der Waals surface area contributed by atoms with Crippen LogP contribution in [0.4, 0.5) is 13.2 Å². The van der Waals surface area contributed by atoms with E-state index >= 15 is 0 Å². The fourth-order valence-electron chi connectivity index (χ4n) is 1.48. The molecule has 1 unspecified atom stereocenters. The van der Waals surface area contributed by atoms with Crippen LogP contribution in [0, 0.1) is 6.92 Å². The summed E-state index contributed by atoms with van der Waals surface area (Å²) < 4.78 is 38.1. The van der Waals surface area contributed by atoms with Gasteiger partial charge in [-0.15, -0.1) is 34.3 Å². The minimum absolute atomic E-state index is 0.0489. The molecule has 0 aliphatic heterocycles. The highest BCUT2D eigenvalue weighted by Crippen LogP contribution is 2.46. The molecule has 0 fully saturated rings. The monoisotopic (exact) mass is 374 g/mol. The summed E-state index contributed by atoms with van der Waals surface area (Å²) in [5, 5.41) is 2.43. The second kappa shape index (κ2) is 5.15. The number of halogens is 5. The van der Waals surface area contributed by atoms with E-state index in [1.165, 1.54) is 11.3 Å². The highest BCUT2D eigenvalue weighted by molar-refractivity contribution is 9.10. The Morgan fingerprint density at radius 1 is 1.28 bits per heavy atom. The van der Waals surface area contributed by atoms with Gasteiger partial charge in [-0.25, -0.2) is 0 Å². The van der Waals surface area contributed by atoms with Crippen LogP contribution in [0.25, 0.3) is 0 Å². The van der Waals surface area contributed by atoms with Gasteiger partial charge in [0.1, 0.15) is 5.38 Å². The molecule has 0 spiro atoms. The molecule has 0 amide bonds. The van der Waals surface area contributed by atoms with E-state index in [0.717, 1.165) is 27.2 Å². The maximum absolute atomic E-state index is 12.7. The third kappa shape index (κ3) is 2.61. The first-order valence-electron chi connectivity index (χ1n) is 4.84. The number of hydrogen-bond donors (Lipinski definition) is 0. The summed E-state index contributed by atoms with van der Waals surface area (Å²) in [5.41, 5.74) is 0.330. The molecule has 0 saturated heterocycles. The molecule has 0 radical (unpaired) electrons. The van der Waals surface area contributed by atoms with Crippen LogP contribution in [0.5, 0.6) is 0 Å². The minimum Gasteiger partial charge on any atom is -0.166 e. The number of alkyl halides is 4. The molecule has 2 aromatic heterocycles. The van der Waals surface area contributed by atoms with E-state index in [0.29, 0.717) is 4.88 Å². The average Bonchev–Trinajstić information content (AvgIpc) is 2.82. The topological polar surface area (TPSA) is 0 Å². The van der Waals surface area contributed by atoms with Crippen molar-refractivity contribution in [1.29, 1.82) is 0 Å². The molecule has 0 bridgehead atoms. The van der Waals surface area contributed by atoms with Gasteiger partial charge in [0.25, 0.3) is 0 Å². The van der Waals surface area contributed by atoms with Crippen molar-refractivity contribution < 1.29 is 13.2 Å². The quantitative estimate of drug-likeness (QED) is 0.546. The normalized spacial score (nSPS) is 13.9. The summed E-state index contributed by atoms with van der Waals surface area (Å²) >= 11 is 11.8. The van der Waals surface area contributed by atoms with Gasteiger partial charge in [-0.1, -0.05) is 0 Å². The summed E-state index contributed by atoms with van der Waals surface area (Å²) in [5.74, 6) is 0. The molecule has 18 heavy (non-hydrogen) atoms. The van der Waals surface area contributed by atoms with Gasteiger partial charge in [0.15, 0.2) is 0 Å². The molecular formula is C11H7BrClF3S2. The van der Waals surface area contributed by atoms with E-state index in [1.54, 1.807) is 0 Å². The van der Waals surface area contributed by atoms with Gasteiger partial charge < -0.3 is 0 Å². The highest BCUT2D eigenvalue weighted by atomic mass is 79.9. The molecule has 0 saturated carbocycles. The van der Waals surface area contributed by atoms with E-state index in [9.17, 15) is 13.2 Å². The molecule has 0 N–H and O–H groups in total. The average molecular weight is 376 g/mol. The summed E-state index contributed by atoms with van der Waals surface area (Å²) in [6.07, 6.45) is -4.35. The first-order valence-corrected chi connectivity index (χ1v) is 7.83. The molecule has 0 aromatic carbocycles. The standard InChI is InChI=1S/C11H7BrClF3S2/c1-5-2-3-17-9(5)8(13)10-7(12)6(4-18-10)11(14,15)16/h2-4,8H,1H3. The molecule has 0 nitrogen and oxygen atoms in total. The smallest absolute Gasteiger partial charge is 0.166 e. The van der Waals surface area contributed by atoms with Crippen LogP contribution in [-0.4, -0.2) is 0 Å². The lowest BCUT2D eigenvalue weighted by Crippen LogP contribution is -2.04. The maximum atomic E-state index is 12.7. The second-order valence-electron chi connectivity index (χ2n) is 3.66. The Kier molecular flexibility index (Phi) is 4.11. The van der Waals surface area contributed by atoms with Gasteiger partial charge in [0.05, 0.1) is 5.56 Å². The fraction of sp³-hybridized carbons (Fsp3) is 0.273. The Labute approximate surface area is 124 Å². The van der Waals surface area contributed by atoms with Crippen molar-refractivity contribution in [2.24, 2.45) is 0 Å². The zero-order valence-corrected chi connectivity index (χ0v) is 13.0. The van der Waals surface area contributed by atoms with Crippen molar-refractivity contribution in [2.75, 3.05) is 0 Å². The summed E-state index contributed by atoms with van der Waals surface area (Å²) in [4.78, 5) is 1.38. The van der Waals surface area contributed by atoms with Gasteiger partial charge >= 0.3 is 6.18 Å². The SMILES string of the molecule is Cc1ccsc1C(Cl)c1scc(C(F)(F)F)c1Br. The first kappa shape index (κ1) is 14.4. The van der Waals surface area contributed by atoms with E-state index < -0.39 is 17.1 Å². The lowest BCUT2D eigenvalue weighted by Gasteiger charge is -2.09. The van der Waals surface area contributed by atoms with Gasteiger partial charge in [-0.05, 0) is 39.9 Å². The lowest BCUT2D eigenvalue weighted by molar-refractivity contribution is -0.137. The third-order valence-corrected chi connectivity index (χ3v) is 6.37. The number of thiophene rings is 2. The molecule has 2 rings (SSSR count). The Bertz CT molecular complexity index is 559. The van der Waals surface area contributed by atoms with Gasteiger partial charge in [0, 0.05) is 19.6 Å². The van der Waals surface area contributed by atoms with Crippen LogP contribution in [0.3, 0.4) is 0 Å². The molecule has 0 aliphatic rings. The van der Waals surface area contributed by atoms with Gasteiger partial charge in [-0.2, -0.15) is 13.2 Å². The second-order valence-corrected chi connectivity index (χ2v) is 6.74. The number of aryl methyl sites for hydroxylation is 1. The Morgan fingerprint density at radius 3 is 2.39 bits per heavy atom. The van der Waals surface area contributed by atoms with E-state index in [-0.39, 0.29) is 4.47 Å². The zero-order chi connectivity index (χ0) is 13.5.